The summed E-state index contributed by atoms with van der Waals surface area (Å²) in [4.78, 5) is 16.7. The SMILES string of the molecule is CNC(O)c1cc(Oc2ccc(NC(=O)Nc3cc(C(C)C)nn3-c3cc(F)cc(F)c3)c(F)c2)ccn1. The number of rotatable bonds is 8. The Morgan fingerprint density at radius 3 is 2.32 bits per heavy atom. The standard InChI is InChI=1S/C26H25F3N6O3/c1-14(2)22-13-24(35(34-22)17-9-15(27)8-16(28)10-17)33-26(37)32-21-5-4-18(11-20(21)29)38-19-6-7-31-23(12-19)25(36)30-3/h4-14,25,30,36H,1-3H3,(H2,32,33,37). The van der Waals surface area contributed by atoms with Crippen LogP contribution < -0.4 is 20.7 Å². The molecule has 0 bridgehead atoms. The van der Waals surface area contributed by atoms with Gasteiger partial charge in [0.1, 0.15) is 41.0 Å². The van der Waals surface area contributed by atoms with E-state index in [1.165, 1.54) is 29.1 Å². The van der Waals surface area contributed by atoms with Crippen LogP contribution in [0.15, 0.2) is 60.8 Å². The van der Waals surface area contributed by atoms with Gasteiger partial charge < -0.3 is 15.2 Å². The van der Waals surface area contributed by atoms with Crippen molar-refractivity contribution in [1.82, 2.24) is 20.1 Å². The topological polar surface area (TPSA) is 113 Å². The number of pyridine rings is 1. The molecule has 0 saturated carbocycles. The Hall–Kier alpha value is -4.42. The molecule has 2 aromatic heterocycles. The molecule has 0 aliphatic rings. The third-order valence-electron chi connectivity index (χ3n) is 5.38. The van der Waals surface area contributed by atoms with E-state index in [-0.39, 0.29) is 28.9 Å². The number of halogens is 3. The van der Waals surface area contributed by atoms with Crippen molar-refractivity contribution in [1.29, 1.82) is 0 Å². The van der Waals surface area contributed by atoms with E-state index in [1.807, 2.05) is 13.8 Å². The Morgan fingerprint density at radius 1 is 0.947 bits per heavy atom. The minimum Gasteiger partial charge on any atom is -0.457 e. The van der Waals surface area contributed by atoms with Crippen LogP contribution in [0.2, 0.25) is 0 Å². The van der Waals surface area contributed by atoms with Crippen LogP contribution in [0.5, 0.6) is 11.5 Å². The summed E-state index contributed by atoms with van der Waals surface area (Å²) in [6.45, 7) is 3.74. The maximum absolute atomic E-state index is 14.8. The number of aliphatic hydroxyl groups excluding tert-OH is 1. The smallest absolute Gasteiger partial charge is 0.324 e. The monoisotopic (exact) mass is 526 g/mol. The van der Waals surface area contributed by atoms with E-state index in [2.05, 4.69) is 26.0 Å². The first-order valence-corrected chi connectivity index (χ1v) is 11.6. The number of nitrogens with zero attached hydrogens (tertiary/aromatic N) is 3. The van der Waals surface area contributed by atoms with Crippen LogP contribution in [-0.2, 0) is 0 Å². The lowest BCUT2D eigenvalue weighted by Gasteiger charge is -2.13. The highest BCUT2D eigenvalue weighted by Gasteiger charge is 2.17. The minimum absolute atomic E-state index is 0.0405. The molecule has 2 amide bonds. The number of aliphatic hydroxyl groups is 1. The van der Waals surface area contributed by atoms with Gasteiger partial charge in [-0.25, -0.2) is 22.6 Å². The summed E-state index contributed by atoms with van der Waals surface area (Å²) >= 11 is 0. The number of amides is 2. The fourth-order valence-corrected chi connectivity index (χ4v) is 3.48. The molecule has 4 aromatic rings. The number of ether oxygens (including phenoxy) is 1. The Bertz CT molecular complexity index is 1440. The van der Waals surface area contributed by atoms with E-state index >= 15 is 0 Å². The molecule has 0 aliphatic carbocycles. The fraction of sp³-hybridized carbons (Fsp3) is 0.192. The van der Waals surface area contributed by atoms with Gasteiger partial charge in [0.25, 0.3) is 0 Å². The summed E-state index contributed by atoms with van der Waals surface area (Å²) in [5.41, 5.74) is 0.821. The summed E-state index contributed by atoms with van der Waals surface area (Å²) in [6.07, 6.45) is 0.448. The number of carbonyl (C=O) groups excluding carboxylic acids is 1. The van der Waals surface area contributed by atoms with Crippen molar-refractivity contribution in [2.75, 3.05) is 17.7 Å². The zero-order valence-corrected chi connectivity index (χ0v) is 20.7. The van der Waals surface area contributed by atoms with Gasteiger partial charge in [-0.15, -0.1) is 0 Å². The van der Waals surface area contributed by atoms with Crippen LogP contribution in [0.4, 0.5) is 29.5 Å². The van der Waals surface area contributed by atoms with Crippen LogP contribution in [0, 0.1) is 17.5 Å². The number of hydrogen-bond donors (Lipinski definition) is 4. The number of aromatic nitrogens is 3. The van der Waals surface area contributed by atoms with E-state index < -0.39 is 29.7 Å². The van der Waals surface area contributed by atoms with Crippen molar-refractivity contribution in [3.8, 4) is 17.2 Å². The van der Waals surface area contributed by atoms with Crippen LogP contribution in [0.25, 0.3) is 5.69 Å². The lowest BCUT2D eigenvalue weighted by molar-refractivity contribution is 0.144. The zero-order valence-electron chi connectivity index (χ0n) is 20.7. The Labute approximate surface area is 216 Å². The Balaban J connectivity index is 1.50. The van der Waals surface area contributed by atoms with Crippen molar-refractivity contribution in [3.05, 3.63) is 89.6 Å². The molecule has 198 valence electrons. The predicted octanol–water partition coefficient (Wildman–Crippen LogP) is 5.45. The normalized spacial score (nSPS) is 11.9. The van der Waals surface area contributed by atoms with Gasteiger partial charge in [-0.05, 0) is 43.3 Å². The number of urea groups is 1. The van der Waals surface area contributed by atoms with Gasteiger partial charge in [0, 0.05) is 30.5 Å². The highest BCUT2D eigenvalue weighted by molar-refractivity contribution is 5.99. The minimum atomic E-state index is -0.992. The van der Waals surface area contributed by atoms with E-state index in [4.69, 9.17) is 4.74 Å². The lowest BCUT2D eigenvalue weighted by atomic mass is 10.1. The molecule has 0 saturated heterocycles. The second-order valence-electron chi connectivity index (χ2n) is 8.58. The molecule has 0 aliphatic heterocycles. The number of anilines is 2. The number of carbonyl (C=O) groups is 1. The van der Waals surface area contributed by atoms with Crippen molar-refractivity contribution in [3.63, 3.8) is 0 Å². The van der Waals surface area contributed by atoms with Crippen LogP contribution >= 0.6 is 0 Å². The zero-order chi connectivity index (χ0) is 27.4. The Morgan fingerprint density at radius 2 is 1.66 bits per heavy atom. The molecule has 4 N–H and O–H groups in total. The molecule has 4 rings (SSSR count). The first-order chi connectivity index (χ1) is 18.1. The summed E-state index contributed by atoms with van der Waals surface area (Å²) in [6, 6.07) is 10.5. The fourth-order valence-electron chi connectivity index (χ4n) is 3.48. The molecule has 12 heteroatoms. The highest BCUT2D eigenvalue weighted by Crippen LogP contribution is 2.27. The average Bonchev–Trinajstić information content (AvgIpc) is 3.29. The summed E-state index contributed by atoms with van der Waals surface area (Å²) in [5.74, 6) is -1.81. The van der Waals surface area contributed by atoms with E-state index in [1.54, 1.807) is 19.2 Å². The molecule has 2 aromatic carbocycles. The maximum atomic E-state index is 14.8. The molecular formula is C26H25F3N6O3. The predicted molar refractivity (Wildman–Crippen MR) is 135 cm³/mol. The first kappa shape index (κ1) is 26.6. The largest absolute Gasteiger partial charge is 0.457 e. The molecule has 0 radical (unpaired) electrons. The molecule has 0 fully saturated rings. The van der Waals surface area contributed by atoms with Gasteiger partial charge in [0.2, 0.25) is 0 Å². The van der Waals surface area contributed by atoms with Gasteiger partial charge in [-0.3, -0.25) is 15.6 Å². The van der Waals surface area contributed by atoms with Gasteiger partial charge in [-0.1, -0.05) is 13.8 Å². The van der Waals surface area contributed by atoms with Crippen molar-refractivity contribution in [2.45, 2.75) is 26.0 Å². The molecule has 1 atom stereocenters. The third kappa shape index (κ3) is 6.28. The number of nitrogens with one attached hydrogen (secondary N) is 3. The molecule has 1 unspecified atom stereocenters. The molecule has 9 nitrogen and oxygen atoms in total. The van der Waals surface area contributed by atoms with Crippen molar-refractivity contribution in [2.24, 2.45) is 0 Å². The van der Waals surface area contributed by atoms with E-state index in [0.717, 1.165) is 24.3 Å². The Kier molecular flexibility index (Phi) is 7.93. The van der Waals surface area contributed by atoms with Gasteiger partial charge in [0.15, 0.2) is 0 Å². The molecule has 0 spiro atoms. The second-order valence-corrected chi connectivity index (χ2v) is 8.58. The summed E-state index contributed by atoms with van der Waals surface area (Å²) < 4.78 is 49.2. The number of hydrogen-bond acceptors (Lipinski definition) is 6. The third-order valence-corrected chi connectivity index (χ3v) is 5.38. The van der Waals surface area contributed by atoms with Crippen LogP contribution in [0.1, 0.15) is 37.4 Å². The van der Waals surface area contributed by atoms with E-state index in [0.29, 0.717) is 17.1 Å². The van der Waals surface area contributed by atoms with E-state index in [9.17, 15) is 23.1 Å². The summed E-state index contributed by atoms with van der Waals surface area (Å²) in [7, 11) is 1.56. The average molecular weight is 527 g/mol. The van der Waals surface area contributed by atoms with Gasteiger partial charge in [-0.2, -0.15) is 5.10 Å². The van der Waals surface area contributed by atoms with Gasteiger partial charge >= 0.3 is 6.03 Å². The summed E-state index contributed by atoms with van der Waals surface area (Å²) in [5, 5.41) is 21.8. The second kappa shape index (κ2) is 11.3. The first-order valence-electron chi connectivity index (χ1n) is 11.6. The molecule has 38 heavy (non-hydrogen) atoms. The highest BCUT2D eigenvalue weighted by atomic mass is 19.1. The van der Waals surface area contributed by atoms with Crippen LogP contribution in [-0.4, -0.2) is 32.9 Å². The number of benzene rings is 2. The van der Waals surface area contributed by atoms with Crippen molar-refractivity contribution >= 4 is 17.5 Å². The molecular weight excluding hydrogens is 501 g/mol. The van der Waals surface area contributed by atoms with Crippen LogP contribution in [0.3, 0.4) is 0 Å². The maximum Gasteiger partial charge on any atom is 0.324 e. The van der Waals surface area contributed by atoms with Gasteiger partial charge in [0.05, 0.1) is 22.8 Å². The lowest BCUT2D eigenvalue weighted by Crippen LogP contribution is -2.22. The molecule has 2 heterocycles. The quantitative estimate of drug-likeness (QED) is 0.227. The van der Waals surface area contributed by atoms with Crippen molar-refractivity contribution < 1.29 is 27.8 Å².